The fourth-order valence-electron chi connectivity index (χ4n) is 0.531. The molecule has 0 bridgehead atoms. The van der Waals surface area contributed by atoms with Gasteiger partial charge in [0.15, 0.2) is 0 Å². The molecule has 0 aliphatic rings. The van der Waals surface area contributed by atoms with E-state index in [9.17, 15) is 0 Å². The van der Waals surface area contributed by atoms with E-state index in [1.54, 1.807) is 6.08 Å². The molecule has 0 saturated carbocycles. The van der Waals surface area contributed by atoms with Gasteiger partial charge in [0.05, 0.1) is 6.10 Å². The van der Waals surface area contributed by atoms with Crippen LogP contribution in [0, 0.1) is 0 Å². The third-order valence-electron chi connectivity index (χ3n) is 0.896. The zero-order valence-electron chi connectivity index (χ0n) is 5.31. The lowest BCUT2D eigenvalue weighted by Crippen LogP contribution is -2.03. The van der Waals surface area contributed by atoms with E-state index >= 15 is 0 Å². The summed E-state index contributed by atoms with van der Waals surface area (Å²) in [5, 5.41) is 9.06. The number of aliphatic hydroxyl groups is 1. The lowest BCUT2D eigenvalue weighted by molar-refractivity contribution is 0.181. The van der Waals surface area contributed by atoms with E-state index < -0.39 is 0 Å². The van der Waals surface area contributed by atoms with E-state index in [0.717, 1.165) is 4.48 Å². The van der Waals surface area contributed by atoms with Crippen LogP contribution < -0.4 is 0 Å². The van der Waals surface area contributed by atoms with Gasteiger partial charge in [-0.25, -0.2) is 0 Å². The number of halogens is 1. The lowest BCUT2D eigenvalue weighted by Gasteiger charge is -2.04. The average Bonchev–Trinajstić information content (AvgIpc) is 1.63. The maximum atomic E-state index is 9.06. The van der Waals surface area contributed by atoms with Crippen molar-refractivity contribution in [2.75, 3.05) is 0 Å². The van der Waals surface area contributed by atoms with Gasteiger partial charge < -0.3 is 5.11 Å². The van der Waals surface area contributed by atoms with Gasteiger partial charge in [0.25, 0.3) is 0 Å². The molecule has 0 aromatic carbocycles. The van der Waals surface area contributed by atoms with Crippen molar-refractivity contribution in [3.63, 3.8) is 0 Å². The predicted octanol–water partition coefficient (Wildman–Crippen LogP) is 2.22. The molecular weight excluding hydrogens is 180 g/mol. The van der Waals surface area contributed by atoms with Crippen molar-refractivity contribution in [3.8, 4) is 0 Å². The second kappa shape index (κ2) is 4.77. The van der Waals surface area contributed by atoms with Gasteiger partial charge in [0.1, 0.15) is 0 Å². The van der Waals surface area contributed by atoms with Crippen LogP contribution >= 0.6 is 15.9 Å². The molecule has 0 aromatic heterocycles. The van der Waals surface area contributed by atoms with E-state index in [1.807, 2.05) is 0 Å². The van der Waals surface area contributed by atoms with Crippen molar-refractivity contribution < 1.29 is 5.11 Å². The van der Waals surface area contributed by atoms with Crippen molar-refractivity contribution in [3.05, 3.63) is 23.7 Å². The molecule has 52 valence electrons. The molecule has 0 saturated heterocycles. The number of aliphatic hydroxyl groups excluding tert-OH is 1. The minimum atomic E-state index is -0.325. The molecule has 1 unspecified atom stereocenters. The molecule has 0 aliphatic carbocycles. The molecule has 0 aromatic rings. The van der Waals surface area contributed by atoms with Crippen molar-refractivity contribution in [1.29, 1.82) is 0 Å². The summed E-state index contributed by atoms with van der Waals surface area (Å²) in [7, 11) is 0. The molecule has 1 nitrogen and oxygen atoms in total. The number of hydrogen-bond donors (Lipinski definition) is 1. The van der Waals surface area contributed by atoms with Crippen molar-refractivity contribution >= 4 is 15.9 Å². The summed E-state index contributed by atoms with van der Waals surface area (Å²) in [4.78, 5) is 0. The first kappa shape index (κ1) is 8.92. The van der Waals surface area contributed by atoms with Gasteiger partial charge in [0, 0.05) is 6.42 Å². The van der Waals surface area contributed by atoms with Crippen LogP contribution in [0.15, 0.2) is 23.7 Å². The maximum Gasteiger partial charge on any atom is 0.0619 e. The summed E-state index contributed by atoms with van der Waals surface area (Å²) in [6.45, 7) is 7.10. The minimum Gasteiger partial charge on any atom is -0.392 e. The van der Waals surface area contributed by atoms with Crippen LogP contribution in [0.1, 0.15) is 12.8 Å². The van der Waals surface area contributed by atoms with Crippen LogP contribution in [0.4, 0.5) is 0 Å². The van der Waals surface area contributed by atoms with Crippen molar-refractivity contribution in [2.45, 2.75) is 18.9 Å². The third-order valence-corrected chi connectivity index (χ3v) is 1.22. The summed E-state index contributed by atoms with van der Waals surface area (Å²) >= 11 is 3.16. The summed E-state index contributed by atoms with van der Waals surface area (Å²) in [6.07, 6.45) is 2.60. The third kappa shape index (κ3) is 5.80. The molecule has 0 rings (SSSR count). The first-order chi connectivity index (χ1) is 4.16. The second-order valence-corrected chi connectivity index (χ2v) is 3.02. The van der Waals surface area contributed by atoms with E-state index in [2.05, 4.69) is 29.1 Å². The quantitative estimate of drug-likeness (QED) is 0.675. The molecule has 1 atom stereocenters. The minimum absolute atomic E-state index is 0.325. The van der Waals surface area contributed by atoms with Gasteiger partial charge in [-0.3, -0.25) is 0 Å². The van der Waals surface area contributed by atoms with E-state index in [4.69, 9.17) is 5.11 Å². The number of hydrogen-bond acceptors (Lipinski definition) is 1. The Kier molecular flexibility index (Phi) is 4.72. The topological polar surface area (TPSA) is 20.2 Å². The summed E-state index contributed by atoms with van der Waals surface area (Å²) in [6, 6.07) is 0. The van der Waals surface area contributed by atoms with Crippen LogP contribution in [0.2, 0.25) is 0 Å². The summed E-state index contributed by atoms with van der Waals surface area (Å²) in [5.74, 6) is 0. The van der Waals surface area contributed by atoms with Gasteiger partial charge in [0.2, 0.25) is 0 Å². The Balaban J connectivity index is 3.37. The normalized spacial score (nSPS) is 12.7. The molecule has 0 amide bonds. The SMILES string of the molecule is C=CCC(O)CC(=C)Br. The molecule has 2 heteroatoms. The van der Waals surface area contributed by atoms with Gasteiger partial charge >= 0.3 is 0 Å². The van der Waals surface area contributed by atoms with Gasteiger partial charge in [-0.15, -0.1) is 6.58 Å². The van der Waals surface area contributed by atoms with Crippen LogP contribution in [0.5, 0.6) is 0 Å². The van der Waals surface area contributed by atoms with Crippen LogP contribution in [-0.4, -0.2) is 11.2 Å². The van der Waals surface area contributed by atoms with Crippen LogP contribution in [0.3, 0.4) is 0 Å². The fraction of sp³-hybridized carbons (Fsp3) is 0.429. The first-order valence-electron chi connectivity index (χ1n) is 2.79. The second-order valence-electron chi connectivity index (χ2n) is 1.90. The van der Waals surface area contributed by atoms with E-state index in [0.29, 0.717) is 12.8 Å². The van der Waals surface area contributed by atoms with Crippen molar-refractivity contribution in [1.82, 2.24) is 0 Å². The molecule has 0 heterocycles. The summed E-state index contributed by atoms with van der Waals surface area (Å²) < 4.78 is 0.830. The Morgan fingerprint density at radius 1 is 1.78 bits per heavy atom. The monoisotopic (exact) mass is 190 g/mol. The predicted molar refractivity (Wildman–Crippen MR) is 43.5 cm³/mol. The molecule has 0 spiro atoms. The summed E-state index contributed by atoms with van der Waals surface area (Å²) in [5.41, 5.74) is 0. The maximum absolute atomic E-state index is 9.06. The lowest BCUT2D eigenvalue weighted by atomic mass is 10.2. The highest BCUT2D eigenvalue weighted by Gasteiger charge is 2.00. The van der Waals surface area contributed by atoms with Gasteiger partial charge in [-0.05, 0) is 10.9 Å². The van der Waals surface area contributed by atoms with E-state index in [-0.39, 0.29) is 6.10 Å². The van der Waals surface area contributed by atoms with Gasteiger partial charge in [-0.2, -0.15) is 0 Å². The Hall–Kier alpha value is -0.0800. The molecule has 0 radical (unpaired) electrons. The average molecular weight is 191 g/mol. The first-order valence-corrected chi connectivity index (χ1v) is 3.58. The van der Waals surface area contributed by atoms with Crippen LogP contribution in [0.25, 0.3) is 0 Å². The molecule has 0 fully saturated rings. The Morgan fingerprint density at radius 2 is 2.33 bits per heavy atom. The molecule has 1 N–H and O–H groups in total. The number of rotatable bonds is 4. The highest BCUT2D eigenvalue weighted by molar-refractivity contribution is 9.11. The highest BCUT2D eigenvalue weighted by atomic mass is 79.9. The Bertz CT molecular complexity index is 109. The van der Waals surface area contributed by atoms with E-state index in [1.165, 1.54) is 0 Å². The largest absolute Gasteiger partial charge is 0.392 e. The van der Waals surface area contributed by atoms with Crippen LogP contribution in [-0.2, 0) is 0 Å². The zero-order valence-corrected chi connectivity index (χ0v) is 6.89. The van der Waals surface area contributed by atoms with Crippen molar-refractivity contribution in [2.24, 2.45) is 0 Å². The fourth-order valence-corrected chi connectivity index (χ4v) is 0.905. The highest BCUT2D eigenvalue weighted by Crippen LogP contribution is 2.11. The molecular formula is C7H11BrO. The standard InChI is InChI=1S/C7H11BrO/c1-3-4-7(9)5-6(2)8/h3,7,9H,1-2,4-5H2. The Morgan fingerprint density at radius 3 is 2.67 bits per heavy atom. The molecule has 9 heavy (non-hydrogen) atoms. The molecule has 0 aliphatic heterocycles. The zero-order chi connectivity index (χ0) is 7.28. The van der Waals surface area contributed by atoms with Gasteiger partial charge in [-0.1, -0.05) is 28.6 Å². The smallest absolute Gasteiger partial charge is 0.0619 e. The Labute approximate surface area is 64.2 Å².